The summed E-state index contributed by atoms with van der Waals surface area (Å²) in [5.41, 5.74) is 0.102. The number of hydrogen-bond acceptors (Lipinski definition) is 8. The molecule has 3 saturated carbocycles. The molecule has 262 valence electrons. The van der Waals surface area contributed by atoms with Crippen LogP contribution in [0.25, 0.3) is 0 Å². The van der Waals surface area contributed by atoms with Crippen LogP contribution < -0.4 is 21.3 Å². The van der Waals surface area contributed by atoms with Crippen molar-refractivity contribution in [3.8, 4) is 0 Å². The zero-order valence-corrected chi connectivity index (χ0v) is 28.4. The van der Waals surface area contributed by atoms with E-state index in [0.717, 1.165) is 64.2 Å². The molecule has 1 aromatic heterocycles. The number of amides is 5. The second-order valence-corrected chi connectivity index (χ2v) is 14.4. The third-order valence-electron chi connectivity index (χ3n) is 10.5. The van der Waals surface area contributed by atoms with Gasteiger partial charge < -0.3 is 26.2 Å². The second-order valence-electron chi connectivity index (χ2n) is 14.4. The Morgan fingerprint density at radius 1 is 0.896 bits per heavy atom. The first-order valence-electron chi connectivity index (χ1n) is 17.9. The summed E-state index contributed by atoms with van der Waals surface area (Å²) in [6.07, 6.45) is 13.9. The number of fused-ring (bicyclic) bond motifs is 1. The van der Waals surface area contributed by atoms with Crippen LogP contribution in [0.15, 0.2) is 18.6 Å². The van der Waals surface area contributed by atoms with Crippen LogP contribution in [0.4, 0.5) is 0 Å². The molecule has 3 aliphatic carbocycles. The first-order chi connectivity index (χ1) is 23.1. The van der Waals surface area contributed by atoms with Crippen molar-refractivity contribution in [1.29, 1.82) is 0 Å². The minimum absolute atomic E-state index is 0.0165. The van der Waals surface area contributed by atoms with Crippen molar-refractivity contribution in [2.45, 2.75) is 128 Å². The molecule has 1 saturated heterocycles. The van der Waals surface area contributed by atoms with E-state index in [4.69, 9.17) is 0 Å². The van der Waals surface area contributed by atoms with E-state index >= 15 is 0 Å². The van der Waals surface area contributed by atoms with Crippen LogP contribution in [0.3, 0.4) is 0 Å². The summed E-state index contributed by atoms with van der Waals surface area (Å²) < 4.78 is 0. The van der Waals surface area contributed by atoms with E-state index in [1.165, 1.54) is 18.6 Å². The minimum atomic E-state index is -0.978. The Balaban J connectivity index is 1.33. The second kappa shape index (κ2) is 16.0. The Morgan fingerprint density at radius 2 is 1.65 bits per heavy atom. The first-order valence-corrected chi connectivity index (χ1v) is 17.9. The van der Waals surface area contributed by atoms with E-state index in [0.29, 0.717) is 19.4 Å². The van der Waals surface area contributed by atoms with Crippen molar-refractivity contribution < 1.29 is 28.8 Å². The van der Waals surface area contributed by atoms with Gasteiger partial charge in [0.15, 0.2) is 0 Å². The zero-order valence-electron chi connectivity index (χ0n) is 28.4. The van der Waals surface area contributed by atoms with Crippen LogP contribution in [0.5, 0.6) is 0 Å². The van der Waals surface area contributed by atoms with Gasteiger partial charge in [0.25, 0.3) is 11.8 Å². The average molecular weight is 666 g/mol. The molecule has 1 aliphatic heterocycles. The molecular weight excluding hydrogens is 614 g/mol. The highest BCUT2D eigenvalue weighted by Crippen LogP contribution is 2.43. The molecule has 1 aromatic rings. The molecule has 5 rings (SSSR count). The monoisotopic (exact) mass is 665 g/mol. The van der Waals surface area contributed by atoms with Gasteiger partial charge in [-0.05, 0) is 68.6 Å². The van der Waals surface area contributed by atoms with Gasteiger partial charge in [-0.1, -0.05) is 52.9 Å². The molecule has 0 radical (unpaired) electrons. The summed E-state index contributed by atoms with van der Waals surface area (Å²) in [6.45, 7) is 5.95. The van der Waals surface area contributed by atoms with Crippen molar-refractivity contribution in [1.82, 2.24) is 36.1 Å². The van der Waals surface area contributed by atoms with E-state index in [-0.39, 0.29) is 41.3 Å². The summed E-state index contributed by atoms with van der Waals surface area (Å²) >= 11 is 0. The molecular formula is C35H51N7O6. The first kappa shape index (κ1) is 35.4. The van der Waals surface area contributed by atoms with Crippen molar-refractivity contribution in [2.75, 3.05) is 6.54 Å². The van der Waals surface area contributed by atoms with Gasteiger partial charge in [-0.15, -0.1) is 0 Å². The van der Waals surface area contributed by atoms with Crippen LogP contribution in [-0.2, 0) is 24.0 Å². The van der Waals surface area contributed by atoms with E-state index in [1.807, 2.05) is 20.8 Å². The van der Waals surface area contributed by atoms with Gasteiger partial charge in [0.05, 0.1) is 12.2 Å². The largest absolute Gasteiger partial charge is 0.347 e. The number of nitrogens with one attached hydrogen (secondary N) is 4. The zero-order chi connectivity index (χ0) is 34.4. The van der Waals surface area contributed by atoms with E-state index in [9.17, 15) is 28.8 Å². The van der Waals surface area contributed by atoms with Crippen molar-refractivity contribution in [3.63, 3.8) is 0 Å². The van der Waals surface area contributed by atoms with Gasteiger partial charge in [0.2, 0.25) is 23.5 Å². The summed E-state index contributed by atoms with van der Waals surface area (Å²) in [4.78, 5) is 90.8. The predicted octanol–water partition coefficient (Wildman–Crippen LogP) is 2.06. The number of rotatable bonds is 14. The molecule has 5 amide bonds. The normalized spacial score (nSPS) is 24.2. The topological polar surface area (TPSA) is 180 Å². The highest BCUT2D eigenvalue weighted by molar-refractivity contribution is 6.38. The van der Waals surface area contributed by atoms with E-state index in [2.05, 4.69) is 31.2 Å². The highest BCUT2D eigenvalue weighted by atomic mass is 16.2. The number of hydrogen-bond donors (Lipinski definition) is 4. The molecule has 13 nitrogen and oxygen atoms in total. The van der Waals surface area contributed by atoms with Crippen LogP contribution in [-0.4, -0.2) is 86.9 Å². The third-order valence-corrected chi connectivity index (χ3v) is 10.5. The smallest absolute Gasteiger partial charge is 0.289 e. The summed E-state index contributed by atoms with van der Waals surface area (Å²) in [6, 6.07) is -3.58. The third kappa shape index (κ3) is 8.38. The van der Waals surface area contributed by atoms with Gasteiger partial charge in [-0.2, -0.15) is 0 Å². The average Bonchev–Trinajstić information content (AvgIpc) is 3.65. The molecule has 2 heterocycles. The molecule has 0 aromatic carbocycles. The number of likely N-dealkylation sites (tertiary alicyclic amines) is 1. The fourth-order valence-corrected chi connectivity index (χ4v) is 7.76. The molecule has 4 N–H and O–H groups in total. The number of aromatic nitrogens is 2. The Hall–Kier alpha value is -3.90. The molecule has 4 aliphatic rings. The van der Waals surface area contributed by atoms with Crippen molar-refractivity contribution in [2.24, 2.45) is 23.7 Å². The van der Waals surface area contributed by atoms with E-state index < -0.39 is 53.6 Å². The fraction of sp³-hybridized carbons (Fsp3) is 0.714. The summed E-state index contributed by atoms with van der Waals surface area (Å²) in [7, 11) is 0. The molecule has 0 bridgehead atoms. The molecule has 6 atom stereocenters. The van der Waals surface area contributed by atoms with Gasteiger partial charge in [0.1, 0.15) is 23.8 Å². The van der Waals surface area contributed by atoms with Gasteiger partial charge in [-0.3, -0.25) is 33.8 Å². The lowest BCUT2D eigenvalue weighted by atomic mass is 9.83. The van der Waals surface area contributed by atoms with Crippen molar-refractivity contribution in [3.05, 3.63) is 24.3 Å². The maximum Gasteiger partial charge on any atom is 0.289 e. The molecule has 0 unspecified atom stereocenters. The Morgan fingerprint density at radius 3 is 2.29 bits per heavy atom. The van der Waals surface area contributed by atoms with Gasteiger partial charge in [0, 0.05) is 25.0 Å². The number of ketones is 1. The van der Waals surface area contributed by atoms with Crippen LogP contribution in [0.2, 0.25) is 0 Å². The quantitative estimate of drug-likeness (QED) is 0.218. The lowest BCUT2D eigenvalue weighted by Crippen LogP contribution is -2.60. The number of Topliss-reactive ketones (excluding diaryl/α,β-unsaturated/α-hetero) is 1. The molecule has 48 heavy (non-hydrogen) atoms. The van der Waals surface area contributed by atoms with Crippen LogP contribution in [0.1, 0.15) is 108 Å². The maximum absolute atomic E-state index is 14.4. The Kier molecular flexibility index (Phi) is 11.8. The van der Waals surface area contributed by atoms with Gasteiger partial charge in [-0.25, -0.2) is 4.98 Å². The summed E-state index contributed by atoms with van der Waals surface area (Å²) in [5.74, 6) is -3.45. The standard InChI is InChI=1S/C35H51N7O6/c1-4-9-25(30(43)34(47)38-23-14-15-23)39-33(46)29-24-13-8-12-22(24)19-42(29)35(48)27(20(2)3)40-32(45)28(21-10-6-5-7-11-21)41-31(44)26-18-36-16-17-37-26/h16-18,20-25,27-29H,4-15,19H2,1-3H3,(H,38,47)(H,39,46)(H,40,45)(H,41,44)/t22-,24-,25-,27-,28-,29-/m0/s1. The van der Waals surface area contributed by atoms with Crippen LogP contribution >= 0.6 is 0 Å². The number of nitrogens with zero attached hydrogens (tertiary/aromatic N) is 3. The Labute approximate surface area is 282 Å². The number of carbonyl (C=O) groups excluding carboxylic acids is 6. The maximum atomic E-state index is 14.4. The lowest BCUT2D eigenvalue weighted by Gasteiger charge is -2.35. The fourth-order valence-electron chi connectivity index (χ4n) is 7.76. The van der Waals surface area contributed by atoms with Crippen molar-refractivity contribution >= 4 is 35.3 Å². The molecule has 0 spiro atoms. The summed E-state index contributed by atoms with van der Waals surface area (Å²) in [5, 5.41) is 11.4. The predicted molar refractivity (Wildman–Crippen MR) is 176 cm³/mol. The Bertz CT molecular complexity index is 1350. The minimum Gasteiger partial charge on any atom is -0.347 e. The van der Waals surface area contributed by atoms with Crippen LogP contribution in [0, 0.1) is 23.7 Å². The van der Waals surface area contributed by atoms with Gasteiger partial charge >= 0.3 is 0 Å². The number of carbonyl (C=O) groups is 6. The van der Waals surface area contributed by atoms with E-state index in [1.54, 1.807) is 4.90 Å². The highest BCUT2D eigenvalue weighted by Gasteiger charge is 2.51. The SMILES string of the molecule is CCC[C@H](NC(=O)[C@@H]1[C@H]2CCC[C@H]2CN1C(=O)[C@@H](NC(=O)[C@@H](NC(=O)c1cnccn1)C1CCCCC1)C(C)C)C(=O)C(=O)NC1CC1. The molecule has 13 heteroatoms. The lowest BCUT2D eigenvalue weighted by molar-refractivity contribution is -0.145. The molecule has 4 fully saturated rings.